The largest absolute Gasteiger partial charge is 0.497 e. The van der Waals surface area contributed by atoms with Crippen LogP contribution in [0.2, 0.25) is 0 Å². The highest BCUT2D eigenvalue weighted by Gasteiger charge is 2.15. The SMILES string of the molecule is COc1ccc2c(N3CCSCC3)ncnc2c1. The van der Waals surface area contributed by atoms with Gasteiger partial charge in [-0.2, -0.15) is 11.8 Å². The molecule has 0 saturated carbocycles. The van der Waals surface area contributed by atoms with E-state index in [4.69, 9.17) is 4.74 Å². The summed E-state index contributed by atoms with van der Waals surface area (Å²) in [5.41, 5.74) is 0.942. The lowest BCUT2D eigenvalue weighted by Gasteiger charge is -2.28. The Bertz CT molecular complexity index is 555. The molecule has 1 aliphatic heterocycles. The Labute approximate surface area is 110 Å². The number of ether oxygens (including phenoxy) is 1. The number of hydrogen-bond donors (Lipinski definition) is 0. The van der Waals surface area contributed by atoms with E-state index in [-0.39, 0.29) is 0 Å². The van der Waals surface area contributed by atoms with Gasteiger partial charge in [-0.05, 0) is 12.1 Å². The van der Waals surface area contributed by atoms with Gasteiger partial charge in [-0.25, -0.2) is 9.97 Å². The maximum atomic E-state index is 5.23. The number of hydrogen-bond acceptors (Lipinski definition) is 5. The monoisotopic (exact) mass is 261 g/mol. The second kappa shape index (κ2) is 5.02. The fourth-order valence-electron chi connectivity index (χ4n) is 2.18. The molecular formula is C13H15N3OS. The standard InChI is InChI=1S/C13H15N3OS/c1-17-10-2-3-11-12(8-10)14-9-15-13(11)16-4-6-18-7-5-16/h2-3,8-9H,4-7H2,1H3. The zero-order valence-corrected chi connectivity index (χ0v) is 11.1. The van der Waals surface area contributed by atoms with Crippen LogP contribution in [0.3, 0.4) is 0 Å². The summed E-state index contributed by atoms with van der Waals surface area (Å²) >= 11 is 2.00. The molecule has 2 aromatic rings. The van der Waals surface area contributed by atoms with Crippen molar-refractivity contribution in [2.45, 2.75) is 0 Å². The van der Waals surface area contributed by atoms with Crippen LogP contribution in [0.4, 0.5) is 5.82 Å². The van der Waals surface area contributed by atoms with Gasteiger partial charge in [0, 0.05) is 36.0 Å². The van der Waals surface area contributed by atoms with E-state index in [1.54, 1.807) is 13.4 Å². The van der Waals surface area contributed by atoms with Crippen LogP contribution < -0.4 is 9.64 Å². The first-order valence-electron chi connectivity index (χ1n) is 6.00. The molecule has 1 aromatic carbocycles. The van der Waals surface area contributed by atoms with Gasteiger partial charge >= 0.3 is 0 Å². The molecule has 0 aliphatic carbocycles. The lowest BCUT2D eigenvalue weighted by atomic mass is 10.2. The van der Waals surface area contributed by atoms with Crippen molar-refractivity contribution in [2.75, 3.05) is 36.6 Å². The summed E-state index contributed by atoms with van der Waals surface area (Å²) in [5.74, 6) is 4.22. The molecule has 0 atom stereocenters. The summed E-state index contributed by atoms with van der Waals surface area (Å²) in [6.07, 6.45) is 1.64. The van der Waals surface area contributed by atoms with Gasteiger partial charge in [0.1, 0.15) is 17.9 Å². The van der Waals surface area contributed by atoms with Crippen LogP contribution in [0, 0.1) is 0 Å². The van der Waals surface area contributed by atoms with Gasteiger partial charge in [-0.15, -0.1) is 0 Å². The summed E-state index contributed by atoms with van der Waals surface area (Å²) in [6, 6.07) is 5.97. The van der Waals surface area contributed by atoms with E-state index in [1.807, 2.05) is 30.0 Å². The molecular weight excluding hydrogens is 246 g/mol. The van der Waals surface area contributed by atoms with Crippen LogP contribution in [-0.4, -0.2) is 41.7 Å². The number of rotatable bonds is 2. The zero-order chi connectivity index (χ0) is 12.4. The number of nitrogens with zero attached hydrogens (tertiary/aromatic N) is 3. The molecule has 0 spiro atoms. The third-order valence-corrected chi connectivity index (χ3v) is 4.08. The van der Waals surface area contributed by atoms with Gasteiger partial charge in [0.15, 0.2) is 0 Å². The lowest BCUT2D eigenvalue weighted by molar-refractivity contribution is 0.415. The van der Waals surface area contributed by atoms with Gasteiger partial charge in [0.05, 0.1) is 12.6 Å². The predicted molar refractivity (Wildman–Crippen MR) is 75.6 cm³/mol. The molecule has 4 nitrogen and oxygen atoms in total. The first-order valence-corrected chi connectivity index (χ1v) is 7.15. The predicted octanol–water partition coefficient (Wildman–Crippen LogP) is 2.19. The van der Waals surface area contributed by atoms with Crippen molar-refractivity contribution in [3.63, 3.8) is 0 Å². The molecule has 1 aliphatic rings. The average Bonchev–Trinajstić information content (AvgIpc) is 2.47. The molecule has 0 bridgehead atoms. The third-order valence-electron chi connectivity index (χ3n) is 3.13. The average molecular weight is 261 g/mol. The molecule has 1 saturated heterocycles. The van der Waals surface area contributed by atoms with E-state index in [9.17, 15) is 0 Å². The maximum Gasteiger partial charge on any atom is 0.139 e. The van der Waals surface area contributed by atoms with Crippen LogP contribution in [0.1, 0.15) is 0 Å². The fraction of sp³-hybridized carbons (Fsp3) is 0.385. The number of benzene rings is 1. The van der Waals surface area contributed by atoms with Crippen molar-refractivity contribution in [1.29, 1.82) is 0 Å². The van der Waals surface area contributed by atoms with Gasteiger partial charge < -0.3 is 9.64 Å². The van der Waals surface area contributed by atoms with Crippen LogP contribution in [0.25, 0.3) is 10.9 Å². The number of anilines is 1. The zero-order valence-electron chi connectivity index (χ0n) is 10.3. The van der Waals surface area contributed by atoms with Crippen LogP contribution in [0.5, 0.6) is 5.75 Å². The Kier molecular flexibility index (Phi) is 3.23. The number of methoxy groups -OCH3 is 1. The molecule has 0 unspecified atom stereocenters. The van der Waals surface area contributed by atoms with Crippen LogP contribution in [-0.2, 0) is 0 Å². The smallest absolute Gasteiger partial charge is 0.139 e. The molecule has 18 heavy (non-hydrogen) atoms. The van der Waals surface area contributed by atoms with E-state index in [0.717, 1.165) is 35.6 Å². The van der Waals surface area contributed by atoms with Gasteiger partial charge in [0.25, 0.3) is 0 Å². The third kappa shape index (κ3) is 2.10. The lowest BCUT2D eigenvalue weighted by Crippen LogP contribution is -2.33. The molecule has 0 N–H and O–H groups in total. The molecule has 0 amide bonds. The molecule has 3 rings (SSSR count). The minimum absolute atomic E-state index is 0.835. The highest BCUT2D eigenvalue weighted by molar-refractivity contribution is 7.99. The Morgan fingerprint density at radius 3 is 2.83 bits per heavy atom. The van der Waals surface area contributed by atoms with Gasteiger partial charge in [0.2, 0.25) is 0 Å². The summed E-state index contributed by atoms with van der Waals surface area (Å²) < 4.78 is 5.23. The van der Waals surface area contributed by atoms with E-state index in [0.29, 0.717) is 0 Å². The number of thioether (sulfide) groups is 1. The minimum Gasteiger partial charge on any atom is -0.497 e. The normalized spacial score (nSPS) is 15.9. The van der Waals surface area contributed by atoms with Crippen LogP contribution >= 0.6 is 11.8 Å². The molecule has 1 aromatic heterocycles. The quantitative estimate of drug-likeness (QED) is 0.828. The molecule has 94 valence electrons. The Morgan fingerprint density at radius 1 is 1.22 bits per heavy atom. The number of fused-ring (bicyclic) bond motifs is 1. The van der Waals surface area contributed by atoms with Crippen molar-refractivity contribution in [1.82, 2.24) is 9.97 Å². The van der Waals surface area contributed by atoms with Gasteiger partial charge in [-0.1, -0.05) is 0 Å². The summed E-state index contributed by atoms with van der Waals surface area (Å²) in [4.78, 5) is 11.1. The fourth-order valence-corrected chi connectivity index (χ4v) is 3.08. The van der Waals surface area contributed by atoms with E-state index in [1.165, 1.54) is 11.5 Å². The Balaban J connectivity index is 2.05. The molecule has 0 radical (unpaired) electrons. The summed E-state index contributed by atoms with van der Waals surface area (Å²) in [5, 5.41) is 1.10. The van der Waals surface area contributed by atoms with Crippen LogP contribution in [0.15, 0.2) is 24.5 Å². The van der Waals surface area contributed by atoms with Gasteiger partial charge in [-0.3, -0.25) is 0 Å². The molecule has 2 heterocycles. The van der Waals surface area contributed by atoms with E-state index >= 15 is 0 Å². The maximum absolute atomic E-state index is 5.23. The molecule has 5 heteroatoms. The minimum atomic E-state index is 0.835. The summed E-state index contributed by atoms with van der Waals surface area (Å²) in [7, 11) is 1.67. The molecule has 1 fully saturated rings. The topological polar surface area (TPSA) is 38.2 Å². The van der Waals surface area contributed by atoms with Crippen molar-refractivity contribution < 1.29 is 4.74 Å². The first-order chi connectivity index (χ1) is 8.88. The van der Waals surface area contributed by atoms with Crippen molar-refractivity contribution in [3.8, 4) is 5.75 Å². The summed E-state index contributed by atoms with van der Waals surface area (Å²) in [6.45, 7) is 2.12. The van der Waals surface area contributed by atoms with Crippen molar-refractivity contribution in [3.05, 3.63) is 24.5 Å². The Morgan fingerprint density at radius 2 is 2.06 bits per heavy atom. The van der Waals surface area contributed by atoms with E-state index < -0.39 is 0 Å². The number of aromatic nitrogens is 2. The van der Waals surface area contributed by atoms with Crippen molar-refractivity contribution >= 4 is 28.5 Å². The first kappa shape index (κ1) is 11.6. The van der Waals surface area contributed by atoms with Crippen molar-refractivity contribution in [2.24, 2.45) is 0 Å². The Hall–Kier alpha value is -1.49. The second-order valence-electron chi connectivity index (χ2n) is 4.18. The highest BCUT2D eigenvalue weighted by Crippen LogP contribution is 2.27. The second-order valence-corrected chi connectivity index (χ2v) is 5.40. The highest BCUT2D eigenvalue weighted by atomic mass is 32.2. The van der Waals surface area contributed by atoms with E-state index in [2.05, 4.69) is 14.9 Å².